The summed E-state index contributed by atoms with van der Waals surface area (Å²) in [5, 5.41) is 0. The largest absolute Gasteiger partial charge is 0.523 e. The van der Waals surface area contributed by atoms with Crippen LogP contribution in [0.4, 0.5) is 13.2 Å². The summed E-state index contributed by atoms with van der Waals surface area (Å²) in [6.07, 6.45) is -0.0302. The lowest BCUT2D eigenvalue weighted by Crippen LogP contribution is -2.34. The smallest absolute Gasteiger partial charge is 0.300 e. The second-order valence-electron chi connectivity index (χ2n) is 4.42. The quantitative estimate of drug-likeness (QED) is 0.717. The molecule has 1 heterocycles. The highest BCUT2D eigenvalue weighted by Crippen LogP contribution is 2.55. The van der Waals surface area contributed by atoms with Gasteiger partial charge < -0.3 is 0 Å². The van der Waals surface area contributed by atoms with Crippen molar-refractivity contribution in [3.05, 3.63) is 0 Å². The van der Waals surface area contributed by atoms with E-state index in [0.29, 0.717) is 0 Å². The Morgan fingerprint density at radius 1 is 1.30 bits per heavy atom. The summed E-state index contributed by atoms with van der Waals surface area (Å²) in [6.45, 7) is 1.53. The van der Waals surface area contributed by atoms with E-state index >= 15 is 0 Å². The van der Waals surface area contributed by atoms with E-state index in [1.165, 1.54) is 6.92 Å². The Bertz CT molecular complexity index is 488. The average molecular weight is 336 g/mol. The van der Waals surface area contributed by atoms with Crippen LogP contribution in [0.2, 0.25) is 0 Å². The van der Waals surface area contributed by atoms with Crippen molar-refractivity contribution in [2.24, 2.45) is 0 Å². The molecular formula is C10H15F3O5S2. The average Bonchev–Trinajstić information content (AvgIpc) is 2.31. The van der Waals surface area contributed by atoms with Crippen LogP contribution in [0.1, 0.15) is 26.2 Å². The van der Waals surface area contributed by atoms with Gasteiger partial charge in [-0.3, -0.25) is 9.59 Å². The number of alkyl halides is 3. The fourth-order valence-electron chi connectivity index (χ4n) is 1.69. The number of rotatable bonds is 5. The summed E-state index contributed by atoms with van der Waals surface area (Å²) in [5.41, 5.74) is -5.52. The summed E-state index contributed by atoms with van der Waals surface area (Å²) < 4.78 is 63.9. The topological polar surface area (TPSA) is 77.5 Å². The number of ketones is 2. The Kier molecular flexibility index (Phi) is 5.25. The lowest BCUT2D eigenvalue weighted by atomic mass is 10.2. The van der Waals surface area contributed by atoms with Crippen molar-refractivity contribution >= 4 is 32.0 Å². The van der Waals surface area contributed by atoms with Gasteiger partial charge in [0.2, 0.25) is 0 Å². The lowest BCUT2D eigenvalue weighted by Gasteiger charge is -2.40. The van der Waals surface area contributed by atoms with Crippen molar-refractivity contribution in [2.45, 2.75) is 31.7 Å². The Morgan fingerprint density at radius 3 is 2.20 bits per heavy atom. The van der Waals surface area contributed by atoms with Gasteiger partial charge in [-0.05, 0) is 0 Å². The van der Waals surface area contributed by atoms with Gasteiger partial charge in [0, 0.05) is 30.8 Å². The molecule has 5 nitrogen and oxygen atoms in total. The van der Waals surface area contributed by atoms with Crippen molar-refractivity contribution < 1.29 is 34.8 Å². The van der Waals surface area contributed by atoms with E-state index in [1.54, 1.807) is 0 Å². The van der Waals surface area contributed by atoms with Crippen molar-refractivity contribution in [1.29, 1.82) is 0 Å². The van der Waals surface area contributed by atoms with E-state index in [9.17, 15) is 31.2 Å². The van der Waals surface area contributed by atoms with Crippen molar-refractivity contribution in [2.75, 3.05) is 17.3 Å². The highest BCUT2D eigenvalue weighted by Gasteiger charge is 2.51. The minimum atomic E-state index is -5.75. The molecule has 0 aromatic carbocycles. The molecule has 0 aliphatic carbocycles. The maximum absolute atomic E-state index is 12.4. The third-order valence-corrected chi connectivity index (χ3v) is 8.02. The minimum absolute atomic E-state index is 0.0558. The fraction of sp³-hybridized carbons (Fsp3) is 0.800. The van der Waals surface area contributed by atoms with Crippen molar-refractivity contribution in [1.82, 2.24) is 0 Å². The van der Waals surface area contributed by atoms with Crippen LogP contribution < -0.4 is 0 Å². The van der Waals surface area contributed by atoms with Gasteiger partial charge in [-0.15, -0.1) is 10.3 Å². The Labute approximate surface area is 116 Å². The predicted molar refractivity (Wildman–Crippen MR) is 67.8 cm³/mol. The van der Waals surface area contributed by atoms with Crippen LogP contribution in [-0.2, 0) is 23.3 Å². The molecule has 1 saturated heterocycles. The predicted octanol–water partition coefficient (Wildman–Crippen LogP) is 1.91. The number of carbonyl (C=O) groups excluding carboxylic acids is 2. The van der Waals surface area contributed by atoms with Crippen LogP contribution in [0.15, 0.2) is 0 Å². The SMILES string of the molecule is CCC(=O)CS1(OS(=O)(=O)C(F)(F)F)CCC(=O)CC1. The zero-order valence-electron chi connectivity index (χ0n) is 10.7. The van der Waals surface area contributed by atoms with Gasteiger partial charge >= 0.3 is 15.6 Å². The first-order valence-corrected chi connectivity index (χ1v) is 9.31. The summed E-state index contributed by atoms with van der Waals surface area (Å²) in [4.78, 5) is 22.7. The normalized spacial score (nSPS) is 21.5. The molecule has 1 fully saturated rings. The van der Waals surface area contributed by atoms with E-state index in [4.69, 9.17) is 0 Å². The summed E-state index contributed by atoms with van der Waals surface area (Å²) >= 11 is 0. The first-order valence-electron chi connectivity index (χ1n) is 5.83. The number of carbonyl (C=O) groups is 2. The van der Waals surface area contributed by atoms with E-state index in [2.05, 4.69) is 3.63 Å². The number of hydrogen-bond acceptors (Lipinski definition) is 5. The standard InChI is InChI=1S/C10H15F3O5S2/c1-2-8(14)7-19(5-3-9(15)4-6-19)18-20(16,17)10(11,12)13/h2-7H2,1H3. The van der Waals surface area contributed by atoms with Gasteiger partial charge in [0.1, 0.15) is 11.6 Å². The number of halogens is 3. The Morgan fingerprint density at radius 2 is 1.80 bits per heavy atom. The monoisotopic (exact) mass is 336 g/mol. The maximum atomic E-state index is 12.4. The van der Waals surface area contributed by atoms with Crippen LogP contribution in [0.25, 0.3) is 0 Å². The van der Waals surface area contributed by atoms with Gasteiger partial charge in [0.25, 0.3) is 0 Å². The highest BCUT2D eigenvalue weighted by molar-refractivity contribution is 8.33. The molecule has 0 aromatic heterocycles. The molecule has 0 N–H and O–H groups in total. The molecule has 20 heavy (non-hydrogen) atoms. The molecule has 10 heteroatoms. The first kappa shape index (κ1) is 17.4. The Hall–Kier alpha value is -0.610. The van der Waals surface area contributed by atoms with Gasteiger partial charge in [0.15, 0.2) is 0 Å². The molecule has 0 aromatic rings. The Balaban J connectivity index is 3.01. The van der Waals surface area contributed by atoms with E-state index in [1.807, 2.05) is 0 Å². The van der Waals surface area contributed by atoms with E-state index in [0.717, 1.165) is 0 Å². The van der Waals surface area contributed by atoms with Crippen LogP contribution in [-0.4, -0.2) is 42.8 Å². The third-order valence-electron chi connectivity index (χ3n) is 2.84. The fourth-order valence-corrected chi connectivity index (χ4v) is 6.74. The molecule has 0 spiro atoms. The zero-order valence-corrected chi connectivity index (χ0v) is 12.4. The first-order chi connectivity index (χ1) is 9.01. The second kappa shape index (κ2) is 6.02. The van der Waals surface area contributed by atoms with Gasteiger partial charge in [-0.2, -0.15) is 21.6 Å². The van der Waals surface area contributed by atoms with Crippen LogP contribution in [0.5, 0.6) is 0 Å². The van der Waals surface area contributed by atoms with E-state index < -0.39 is 25.9 Å². The lowest BCUT2D eigenvalue weighted by molar-refractivity contribution is -0.119. The van der Waals surface area contributed by atoms with Gasteiger partial charge in [-0.1, -0.05) is 6.92 Å². The molecule has 0 radical (unpaired) electrons. The molecule has 0 unspecified atom stereocenters. The molecule has 0 atom stereocenters. The molecule has 1 aliphatic rings. The minimum Gasteiger partial charge on any atom is -0.300 e. The molecule has 118 valence electrons. The molecule has 0 bridgehead atoms. The molecular weight excluding hydrogens is 321 g/mol. The molecule has 0 amide bonds. The van der Waals surface area contributed by atoms with Crippen molar-refractivity contribution in [3.63, 3.8) is 0 Å². The van der Waals surface area contributed by atoms with Crippen LogP contribution in [0.3, 0.4) is 0 Å². The van der Waals surface area contributed by atoms with Gasteiger partial charge in [-0.25, -0.2) is 3.63 Å². The van der Waals surface area contributed by atoms with Gasteiger partial charge in [0.05, 0.1) is 5.75 Å². The van der Waals surface area contributed by atoms with Crippen molar-refractivity contribution in [3.8, 4) is 0 Å². The van der Waals surface area contributed by atoms with E-state index in [-0.39, 0.29) is 48.1 Å². The summed E-state index contributed by atoms with van der Waals surface area (Å²) in [7, 11) is -8.51. The molecule has 1 rings (SSSR count). The number of hydrogen-bond donors (Lipinski definition) is 0. The third kappa shape index (κ3) is 4.19. The summed E-state index contributed by atoms with van der Waals surface area (Å²) in [5.74, 6) is -1.12. The zero-order chi connectivity index (χ0) is 15.6. The van der Waals surface area contributed by atoms with Crippen LogP contribution >= 0.6 is 10.3 Å². The number of Topliss-reactive ketones (excluding diaryl/α,β-unsaturated/α-hetero) is 2. The molecule has 0 saturated carbocycles. The second-order valence-corrected chi connectivity index (χ2v) is 9.37. The summed E-state index contributed by atoms with van der Waals surface area (Å²) in [6, 6.07) is 0. The highest BCUT2D eigenvalue weighted by atomic mass is 32.3. The maximum Gasteiger partial charge on any atom is 0.523 e. The molecule has 1 aliphatic heterocycles. The van der Waals surface area contributed by atoms with Crippen LogP contribution in [0, 0.1) is 0 Å².